The zero-order valence-corrected chi connectivity index (χ0v) is 12.6. The predicted octanol–water partition coefficient (Wildman–Crippen LogP) is 2.89. The third kappa shape index (κ3) is 3.56. The van der Waals surface area contributed by atoms with Gasteiger partial charge in [-0.15, -0.1) is 11.3 Å². The van der Waals surface area contributed by atoms with Crippen LogP contribution < -0.4 is 5.32 Å². The van der Waals surface area contributed by atoms with Crippen LogP contribution in [0.1, 0.15) is 53.6 Å². The minimum atomic E-state index is 0.664. The van der Waals surface area contributed by atoms with Crippen LogP contribution in [0.3, 0.4) is 0 Å². The molecule has 0 bridgehead atoms. The number of fused-ring (bicyclic) bond motifs is 1. The number of aryl methyl sites for hydroxylation is 2. The van der Waals surface area contributed by atoms with Crippen molar-refractivity contribution >= 4 is 11.3 Å². The smallest absolute Gasteiger partial charge is 0.0932 e. The van der Waals surface area contributed by atoms with Gasteiger partial charge in [0.2, 0.25) is 0 Å². The molecule has 0 aromatic carbocycles. The molecule has 1 heterocycles. The molecule has 1 saturated carbocycles. The van der Waals surface area contributed by atoms with Crippen molar-refractivity contribution in [3.05, 3.63) is 15.6 Å². The number of nitrogens with zero attached hydrogens (tertiary/aromatic N) is 1. The molecule has 2 aliphatic carbocycles. The number of methoxy groups -OCH3 is 1. The number of hydrogen-bond donors (Lipinski definition) is 1. The quantitative estimate of drug-likeness (QED) is 0.780. The van der Waals surface area contributed by atoms with Crippen LogP contribution in [0.4, 0.5) is 0 Å². The zero-order chi connectivity index (χ0) is 13.1. The summed E-state index contributed by atoms with van der Waals surface area (Å²) in [5.74, 6) is 0.664. The van der Waals surface area contributed by atoms with Crippen LogP contribution in [-0.4, -0.2) is 31.3 Å². The molecule has 1 aromatic heterocycles. The number of thiazole rings is 1. The van der Waals surface area contributed by atoms with Gasteiger partial charge in [0, 0.05) is 43.5 Å². The monoisotopic (exact) mass is 280 g/mol. The second kappa shape index (κ2) is 6.33. The van der Waals surface area contributed by atoms with E-state index in [1.54, 1.807) is 12.0 Å². The first-order valence-corrected chi connectivity index (χ1v) is 8.39. The molecule has 4 heteroatoms. The van der Waals surface area contributed by atoms with E-state index < -0.39 is 0 Å². The predicted molar refractivity (Wildman–Crippen MR) is 79.0 cm³/mol. The van der Waals surface area contributed by atoms with Gasteiger partial charge in [-0.1, -0.05) is 0 Å². The summed E-state index contributed by atoms with van der Waals surface area (Å²) < 4.78 is 5.13. The van der Waals surface area contributed by atoms with Gasteiger partial charge >= 0.3 is 0 Å². The van der Waals surface area contributed by atoms with Gasteiger partial charge in [0.15, 0.2) is 0 Å². The number of rotatable bonds is 7. The Hall–Kier alpha value is -0.450. The van der Waals surface area contributed by atoms with E-state index in [1.165, 1.54) is 42.8 Å². The molecular weight excluding hydrogens is 256 g/mol. The van der Waals surface area contributed by atoms with Crippen molar-refractivity contribution in [1.82, 2.24) is 10.3 Å². The minimum absolute atomic E-state index is 0.664. The fraction of sp³-hybridized carbons (Fsp3) is 0.800. The van der Waals surface area contributed by atoms with E-state index in [0.717, 1.165) is 32.0 Å². The maximum absolute atomic E-state index is 5.13. The number of hydrogen-bond acceptors (Lipinski definition) is 4. The van der Waals surface area contributed by atoms with E-state index >= 15 is 0 Å². The first kappa shape index (κ1) is 13.5. The summed E-state index contributed by atoms with van der Waals surface area (Å²) in [5.41, 5.74) is 1.41. The summed E-state index contributed by atoms with van der Waals surface area (Å²) in [5, 5.41) is 4.99. The maximum atomic E-state index is 5.13. The topological polar surface area (TPSA) is 34.1 Å². The fourth-order valence-corrected chi connectivity index (χ4v) is 4.07. The van der Waals surface area contributed by atoms with Gasteiger partial charge in [0.1, 0.15) is 0 Å². The third-order valence-corrected chi connectivity index (χ3v) is 5.28. The Morgan fingerprint density at radius 1 is 1.37 bits per heavy atom. The zero-order valence-electron chi connectivity index (χ0n) is 11.8. The molecule has 3 rings (SSSR count). The molecule has 0 radical (unpaired) electrons. The Morgan fingerprint density at radius 2 is 2.26 bits per heavy atom. The van der Waals surface area contributed by atoms with Crippen LogP contribution in [0.2, 0.25) is 0 Å². The average molecular weight is 280 g/mol. The van der Waals surface area contributed by atoms with Gasteiger partial charge in [-0.05, 0) is 38.5 Å². The van der Waals surface area contributed by atoms with Gasteiger partial charge < -0.3 is 10.1 Å². The molecule has 0 saturated heterocycles. The van der Waals surface area contributed by atoms with Crippen LogP contribution in [0.25, 0.3) is 0 Å². The SMILES string of the molecule is COCCCc1nc2c(s1)CCCC2CNC1CC1. The van der Waals surface area contributed by atoms with Crippen molar-refractivity contribution < 1.29 is 4.74 Å². The summed E-state index contributed by atoms with van der Waals surface area (Å²) in [6.45, 7) is 1.98. The van der Waals surface area contributed by atoms with E-state index in [-0.39, 0.29) is 0 Å². The normalized spacial score (nSPS) is 22.5. The highest BCUT2D eigenvalue weighted by Crippen LogP contribution is 2.35. The molecule has 1 unspecified atom stereocenters. The van der Waals surface area contributed by atoms with Gasteiger partial charge in [-0.3, -0.25) is 0 Å². The molecule has 1 fully saturated rings. The lowest BCUT2D eigenvalue weighted by Crippen LogP contribution is -2.25. The largest absolute Gasteiger partial charge is 0.385 e. The van der Waals surface area contributed by atoms with E-state index in [2.05, 4.69) is 5.32 Å². The first-order valence-electron chi connectivity index (χ1n) is 7.57. The summed E-state index contributed by atoms with van der Waals surface area (Å²) >= 11 is 1.94. The van der Waals surface area contributed by atoms with Crippen molar-refractivity contribution in [2.75, 3.05) is 20.3 Å². The lowest BCUT2D eigenvalue weighted by molar-refractivity contribution is 0.195. The lowest BCUT2D eigenvalue weighted by atomic mass is 9.91. The van der Waals surface area contributed by atoms with Gasteiger partial charge in [-0.25, -0.2) is 4.98 Å². The molecule has 2 aliphatic rings. The van der Waals surface area contributed by atoms with E-state index in [1.807, 2.05) is 11.3 Å². The maximum Gasteiger partial charge on any atom is 0.0932 e. The summed E-state index contributed by atoms with van der Waals surface area (Å²) in [6.07, 6.45) is 8.81. The lowest BCUT2D eigenvalue weighted by Gasteiger charge is -2.21. The summed E-state index contributed by atoms with van der Waals surface area (Å²) in [7, 11) is 1.77. The Balaban J connectivity index is 1.61. The minimum Gasteiger partial charge on any atom is -0.385 e. The van der Waals surface area contributed by atoms with Crippen molar-refractivity contribution in [3.8, 4) is 0 Å². The number of nitrogens with one attached hydrogen (secondary N) is 1. The molecule has 106 valence electrons. The van der Waals surface area contributed by atoms with Gasteiger partial charge in [0.25, 0.3) is 0 Å². The number of aromatic nitrogens is 1. The second-order valence-corrected chi connectivity index (χ2v) is 6.95. The van der Waals surface area contributed by atoms with Crippen LogP contribution in [-0.2, 0) is 17.6 Å². The first-order chi connectivity index (χ1) is 9.36. The molecule has 0 spiro atoms. The van der Waals surface area contributed by atoms with Crippen molar-refractivity contribution in [2.24, 2.45) is 0 Å². The van der Waals surface area contributed by atoms with Crippen molar-refractivity contribution in [2.45, 2.75) is 56.9 Å². The molecule has 1 aromatic rings. The van der Waals surface area contributed by atoms with E-state index in [0.29, 0.717) is 5.92 Å². The standard InChI is InChI=1S/C15H24N2OS/c1-18-9-3-6-14-17-15-11(10-16-12-7-8-12)4-2-5-13(15)19-14/h11-12,16H,2-10H2,1H3. The second-order valence-electron chi connectivity index (χ2n) is 5.78. The van der Waals surface area contributed by atoms with E-state index in [9.17, 15) is 0 Å². The molecule has 0 aliphatic heterocycles. The van der Waals surface area contributed by atoms with Crippen LogP contribution in [0.5, 0.6) is 0 Å². The van der Waals surface area contributed by atoms with Crippen LogP contribution in [0, 0.1) is 0 Å². The highest BCUT2D eigenvalue weighted by Gasteiger charge is 2.27. The molecule has 1 atom stereocenters. The summed E-state index contributed by atoms with van der Waals surface area (Å²) in [6, 6.07) is 0.810. The average Bonchev–Trinajstić information content (AvgIpc) is 3.15. The molecule has 1 N–H and O–H groups in total. The Labute approximate surface area is 119 Å². The number of ether oxygens (including phenoxy) is 1. The van der Waals surface area contributed by atoms with Crippen molar-refractivity contribution in [3.63, 3.8) is 0 Å². The van der Waals surface area contributed by atoms with Crippen LogP contribution in [0.15, 0.2) is 0 Å². The third-order valence-electron chi connectivity index (χ3n) is 4.08. The molecular formula is C15H24N2OS. The highest BCUT2D eigenvalue weighted by atomic mass is 32.1. The Bertz CT molecular complexity index is 414. The fourth-order valence-electron chi connectivity index (χ4n) is 2.83. The van der Waals surface area contributed by atoms with Gasteiger partial charge in [-0.2, -0.15) is 0 Å². The van der Waals surface area contributed by atoms with Crippen molar-refractivity contribution in [1.29, 1.82) is 0 Å². The Morgan fingerprint density at radius 3 is 3.05 bits per heavy atom. The molecule has 0 amide bonds. The molecule has 19 heavy (non-hydrogen) atoms. The van der Waals surface area contributed by atoms with Gasteiger partial charge in [0.05, 0.1) is 10.7 Å². The van der Waals surface area contributed by atoms with E-state index in [4.69, 9.17) is 9.72 Å². The summed E-state index contributed by atoms with van der Waals surface area (Å²) in [4.78, 5) is 6.48. The van der Waals surface area contributed by atoms with Crippen LogP contribution >= 0.6 is 11.3 Å². The highest BCUT2D eigenvalue weighted by molar-refractivity contribution is 7.11. The Kier molecular flexibility index (Phi) is 4.51. The molecule has 3 nitrogen and oxygen atoms in total.